The normalized spacial score (nSPS) is 12.2. The third-order valence-corrected chi connectivity index (χ3v) is 2.05. The Bertz CT molecular complexity index is 324. The molecule has 1 aromatic carbocycles. The summed E-state index contributed by atoms with van der Waals surface area (Å²) in [6, 6.07) is 6.24. The van der Waals surface area contributed by atoms with Gasteiger partial charge in [0.05, 0.1) is 6.54 Å². The lowest BCUT2D eigenvalue weighted by atomic mass is 10.1. The molecule has 3 nitrogen and oxygen atoms in total. The van der Waals surface area contributed by atoms with Crippen molar-refractivity contribution in [3.05, 3.63) is 35.6 Å². The lowest BCUT2D eigenvalue weighted by molar-refractivity contribution is -0.120. The van der Waals surface area contributed by atoms with Gasteiger partial charge in [-0.15, -0.1) is 0 Å². The molecule has 0 bridgehead atoms. The summed E-state index contributed by atoms with van der Waals surface area (Å²) in [5.41, 5.74) is 6.16. The number of halogens is 1. The summed E-state index contributed by atoms with van der Waals surface area (Å²) in [5, 5.41) is 2.73. The fourth-order valence-corrected chi connectivity index (χ4v) is 1.36. The van der Waals surface area contributed by atoms with Gasteiger partial charge in [-0.05, 0) is 31.0 Å². The molecule has 0 aromatic heterocycles. The molecule has 1 amide bonds. The smallest absolute Gasteiger partial charge is 0.233 e. The molecule has 0 saturated carbocycles. The van der Waals surface area contributed by atoms with Gasteiger partial charge in [-0.25, -0.2) is 4.39 Å². The Morgan fingerprint density at radius 2 is 2.07 bits per heavy atom. The van der Waals surface area contributed by atoms with Gasteiger partial charge >= 0.3 is 0 Å². The average Bonchev–Trinajstić information content (AvgIpc) is 2.21. The number of hydrogen-bond donors (Lipinski definition) is 2. The standard InChI is InChI=1S/C11H15FN2O/c1-8(14-11(15)7-13)6-9-2-4-10(12)5-3-9/h2-5,8H,6-7,13H2,1H3,(H,14,15). The van der Waals surface area contributed by atoms with Crippen LogP contribution in [0.1, 0.15) is 12.5 Å². The molecular weight excluding hydrogens is 195 g/mol. The molecule has 0 spiro atoms. The highest BCUT2D eigenvalue weighted by Crippen LogP contribution is 2.05. The van der Waals surface area contributed by atoms with E-state index in [0.29, 0.717) is 6.42 Å². The molecule has 3 N–H and O–H groups in total. The van der Waals surface area contributed by atoms with Crippen LogP contribution in [0, 0.1) is 5.82 Å². The third-order valence-electron chi connectivity index (χ3n) is 2.05. The van der Waals surface area contributed by atoms with Gasteiger partial charge in [-0.1, -0.05) is 12.1 Å². The molecule has 0 heterocycles. The molecule has 1 aromatic rings. The Kier molecular flexibility index (Phi) is 4.24. The first-order valence-electron chi connectivity index (χ1n) is 4.85. The monoisotopic (exact) mass is 210 g/mol. The molecule has 0 radical (unpaired) electrons. The highest BCUT2D eigenvalue weighted by molar-refractivity contribution is 5.78. The van der Waals surface area contributed by atoms with Crippen LogP contribution in [0.2, 0.25) is 0 Å². The molecular formula is C11H15FN2O. The molecule has 0 fully saturated rings. The zero-order valence-electron chi connectivity index (χ0n) is 8.66. The van der Waals surface area contributed by atoms with Crippen LogP contribution in [0.25, 0.3) is 0 Å². The molecule has 1 atom stereocenters. The number of benzene rings is 1. The van der Waals surface area contributed by atoms with Crippen LogP contribution >= 0.6 is 0 Å². The average molecular weight is 210 g/mol. The van der Waals surface area contributed by atoms with E-state index in [0.717, 1.165) is 5.56 Å². The number of amides is 1. The first kappa shape index (κ1) is 11.7. The van der Waals surface area contributed by atoms with Crippen molar-refractivity contribution in [2.45, 2.75) is 19.4 Å². The predicted molar refractivity (Wildman–Crippen MR) is 56.8 cm³/mol. The van der Waals surface area contributed by atoms with Crippen molar-refractivity contribution >= 4 is 5.91 Å². The Hall–Kier alpha value is -1.42. The third kappa shape index (κ3) is 4.08. The van der Waals surface area contributed by atoms with E-state index in [4.69, 9.17) is 5.73 Å². The molecule has 1 rings (SSSR count). The maximum atomic E-state index is 12.6. The summed E-state index contributed by atoms with van der Waals surface area (Å²) in [7, 11) is 0. The zero-order valence-corrected chi connectivity index (χ0v) is 8.66. The second-order valence-corrected chi connectivity index (χ2v) is 3.50. The maximum Gasteiger partial charge on any atom is 0.233 e. The van der Waals surface area contributed by atoms with Gasteiger partial charge in [0.15, 0.2) is 0 Å². The van der Waals surface area contributed by atoms with Crippen molar-refractivity contribution in [3.8, 4) is 0 Å². The highest BCUT2D eigenvalue weighted by Gasteiger charge is 2.06. The van der Waals surface area contributed by atoms with E-state index in [9.17, 15) is 9.18 Å². The molecule has 15 heavy (non-hydrogen) atoms. The molecule has 0 aliphatic rings. The summed E-state index contributed by atoms with van der Waals surface area (Å²) in [5.74, 6) is -0.429. The summed E-state index contributed by atoms with van der Waals surface area (Å²) >= 11 is 0. The van der Waals surface area contributed by atoms with E-state index < -0.39 is 0 Å². The highest BCUT2D eigenvalue weighted by atomic mass is 19.1. The first-order chi connectivity index (χ1) is 7.11. The van der Waals surface area contributed by atoms with Crippen LogP contribution in [-0.4, -0.2) is 18.5 Å². The van der Waals surface area contributed by atoms with Crippen molar-refractivity contribution in [1.82, 2.24) is 5.32 Å². The van der Waals surface area contributed by atoms with Crippen LogP contribution in [-0.2, 0) is 11.2 Å². The zero-order chi connectivity index (χ0) is 11.3. The summed E-state index contributed by atoms with van der Waals surface area (Å²) in [6.07, 6.45) is 0.673. The van der Waals surface area contributed by atoms with Crippen molar-refractivity contribution in [1.29, 1.82) is 0 Å². The molecule has 0 aliphatic carbocycles. The van der Waals surface area contributed by atoms with E-state index in [-0.39, 0.29) is 24.3 Å². The number of hydrogen-bond acceptors (Lipinski definition) is 2. The fourth-order valence-electron chi connectivity index (χ4n) is 1.36. The van der Waals surface area contributed by atoms with E-state index >= 15 is 0 Å². The molecule has 0 saturated heterocycles. The minimum atomic E-state index is -0.252. The van der Waals surface area contributed by atoms with E-state index in [2.05, 4.69) is 5.32 Å². The molecule has 0 aliphatic heterocycles. The van der Waals surface area contributed by atoms with E-state index in [1.54, 1.807) is 12.1 Å². The second-order valence-electron chi connectivity index (χ2n) is 3.50. The van der Waals surface area contributed by atoms with Gasteiger partial charge in [0.25, 0.3) is 0 Å². The number of nitrogens with two attached hydrogens (primary N) is 1. The minimum absolute atomic E-state index is 0.00603. The number of carbonyl (C=O) groups excluding carboxylic acids is 1. The van der Waals surface area contributed by atoms with Crippen LogP contribution < -0.4 is 11.1 Å². The quantitative estimate of drug-likeness (QED) is 0.773. The Morgan fingerprint density at radius 1 is 1.47 bits per heavy atom. The van der Waals surface area contributed by atoms with E-state index in [1.165, 1.54) is 12.1 Å². The topological polar surface area (TPSA) is 55.1 Å². The number of rotatable bonds is 4. The number of carbonyl (C=O) groups is 1. The molecule has 1 unspecified atom stereocenters. The SMILES string of the molecule is CC(Cc1ccc(F)cc1)NC(=O)CN. The predicted octanol–water partition coefficient (Wildman–Crippen LogP) is 0.832. The Morgan fingerprint density at radius 3 is 2.60 bits per heavy atom. The van der Waals surface area contributed by atoms with Gasteiger partial charge < -0.3 is 11.1 Å². The van der Waals surface area contributed by atoms with Gasteiger partial charge in [0.1, 0.15) is 5.82 Å². The minimum Gasteiger partial charge on any atom is -0.352 e. The van der Waals surface area contributed by atoms with Gasteiger partial charge in [0.2, 0.25) is 5.91 Å². The van der Waals surface area contributed by atoms with Gasteiger partial charge in [0, 0.05) is 6.04 Å². The Balaban J connectivity index is 2.47. The fraction of sp³-hybridized carbons (Fsp3) is 0.364. The van der Waals surface area contributed by atoms with Gasteiger partial charge in [-0.3, -0.25) is 4.79 Å². The Labute approximate surface area is 88.5 Å². The largest absolute Gasteiger partial charge is 0.352 e. The van der Waals surface area contributed by atoms with Crippen molar-refractivity contribution in [2.24, 2.45) is 5.73 Å². The van der Waals surface area contributed by atoms with E-state index in [1.807, 2.05) is 6.92 Å². The summed E-state index contributed by atoms with van der Waals surface area (Å²) < 4.78 is 12.6. The van der Waals surface area contributed by atoms with Crippen LogP contribution in [0.15, 0.2) is 24.3 Å². The van der Waals surface area contributed by atoms with Crippen molar-refractivity contribution in [2.75, 3.05) is 6.54 Å². The lowest BCUT2D eigenvalue weighted by Crippen LogP contribution is -2.38. The van der Waals surface area contributed by atoms with Crippen LogP contribution in [0.3, 0.4) is 0 Å². The molecule has 4 heteroatoms. The summed E-state index contributed by atoms with van der Waals surface area (Å²) in [6.45, 7) is 1.88. The van der Waals surface area contributed by atoms with Crippen LogP contribution in [0.5, 0.6) is 0 Å². The first-order valence-corrected chi connectivity index (χ1v) is 4.85. The van der Waals surface area contributed by atoms with Crippen molar-refractivity contribution < 1.29 is 9.18 Å². The van der Waals surface area contributed by atoms with Crippen LogP contribution in [0.4, 0.5) is 4.39 Å². The van der Waals surface area contributed by atoms with Crippen molar-refractivity contribution in [3.63, 3.8) is 0 Å². The summed E-state index contributed by atoms with van der Waals surface area (Å²) in [4.78, 5) is 11.0. The second kappa shape index (κ2) is 5.46. The number of nitrogens with one attached hydrogen (secondary N) is 1. The maximum absolute atomic E-state index is 12.6. The molecule has 82 valence electrons. The van der Waals surface area contributed by atoms with Gasteiger partial charge in [-0.2, -0.15) is 0 Å². The lowest BCUT2D eigenvalue weighted by Gasteiger charge is -2.12.